The van der Waals surface area contributed by atoms with Gasteiger partial charge in [0, 0.05) is 37.3 Å². The summed E-state index contributed by atoms with van der Waals surface area (Å²) in [6.45, 7) is 5.74. The van der Waals surface area contributed by atoms with E-state index < -0.39 is 0 Å². The van der Waals surface area contributed by atoms with Gasteiger partial charge in [-0.1, -0.05) is 170 Å². The lowest BCUT2D eigenvalue weighted by molar-refractivity contribution is 0.0589. The molecule has 0 N–H and O–H groups in total. The topological polar surface area (TPSA) is 43.4 Å². The maximum atomic E-state index is 6.51. The Kier molecular flexibility index (Phi) is 14.5. The van der Waals surface area contributed by atoms with Crippen LogP contribution in [0.1, 0.15) is 45.5 Å². The molecule has 6 heteroatoms. The van der Waals surface area contributed by atoms with Crippen LogP contribution in [0.25, 0.3) is 0 Å². The lowest BCUT2D eigenvalue weighted by Crippen LogP contribution is -2.32. The van der Waals surface area contributed by atoms with Crippen molar-refractivity contribution >= 4 is 0 Å². The van der Waals surface area contributed by atoms with Crippen molar-refractivity contribution in [3.05, 3.63) is 215 Å². The van der Waals surface area contributed by atoms with E-state index in [9.17, 15) is 0 Å². The van der Waals surface area contributed by atoms with Crippen LogP contribution in [0.2, 0.25) is 0 Å². The molecular weight excluding hydrogens is 693 g/mol. The third-order valence-electron chi connectivity index (χ3n) is 10.1. The molecule has 0 spiro atoms. The van der Waals surface area contributed by atoms with Gasteiger partial charge in [0.15, 0.2) is 0 Å². The lowest BCUT2D eigenvalue weighted by Gasteiger charge is -2.33. The van der Waals surface area contributed by atoms with Gasteiger partial charge in [0.1, 0.15) is 24.7 Å². The Morgan fingerprint density at radius 2 is 0.768 bits per heavy atom. The van der Waals surface area contributed by atoms with Gasteiger partial charge in [-0.25, -0.2) is 0 Å². The molecule has 2 atom stereocenters. The van der Waals surface area contributed by atoms with Gasteiger partial charge in [-0.2, -0.15) is 0 Å². The number of hydrogen-bond acceptors (Lipinski definition) is 6. The summed E-state index contributed by atoms with van der Waals surface area (Å²) >= 11 is 0. The summed E-state index contributed by atoms with van der Waals surface area (Å²) in [6.07, 6.45) is 4.15. The molecule has 0 aromatic heterocycles. The molecule has 0 fully saturated rings. The molecule has 6 aromatic rings. The van der Waals surface area contributed by atoms with Crippen LogP contribution in [0, 0.1) is 0 Å². The molecule has 7 rings (SSSR count). The van der Waals surface area contributed by atoms with Crippen LogP contribution < -0.4 is 9.47 Å². The zero-order chi connectivity index (χ0) is 38.0. The van der Waals surface area contributed by atoms with Crippen molar-refractivity contribution in [2.45, 2.75) is 38.3 Å². The van der Waals surface area contributed by atoms with E-state index >= 15 is 0 Å². The van der Waals surface area contributed by atoms with Gasteiger partial charge in [0.25, 0.3) is 0 Å². The Labute approximate surface area is 332 Å². The quantitative estimate of drug-likeness (QED) is 0.158. The summed E-state index contributed by atoms with van der Waals surface area (Å²) in [5, 5.41) is 0. The standard InChI is InChI=1S/C50H52N2O4/c1-5-19-41(20-6-1)35-51-37-45-27-13-15-29-49(45)55-33-34-56-50-30-16-14-28-46(50)38-52(36-42-21-7-2-8-22-42)48(44-25-11-4-12-26-44)40-54-32-18-17-31-53-39-47(51)43-23-9-3-10-24-43/h1-30,47-48H,31-40H2/b18-17-/t47-,48-/m1/s1. The van der Waals surface area contributed by atoms with E-state index in [1.54, 1.807) is 0 Å². The van der Waals surface area contributed by atoms with Crippen LogP contribution >= 0.6 is 0 Å². The molecule has 0 aliphatic carbocycles. The SMILES string of the molecule is C1=C\COC[C@H](c2ccccc2)N(Cc2ccccc2)Cc2ccccc2OCCOc2ccccc2CN(Cc2ccccc2)[C@@H](c2ccccc2)COC/1. The zero-order valence-electron chi connectivity index (χ0n) is 32.1. The first kappa shape index (κ1) is 38.8. The molecule has 1 aliphatic rings. The van der Waals surface area contributed by atoms with Gasteiger partial charge in [0.2, 0.25) is 0 Å². The second kappa shape index (κ2) is 21.0. The molecular formula is C50H52N2O4. The molecule has 0 unspecified atom stereocenters. The minimum Gasteiger partial charge on any atom is -0.490 e. The minimum absolute atomic E-state index is 0.00836. The normalized spacial score (nSPS) is 18.8. The Bertz CT molecular complexity index is 1890. The average Bonchev–Trinajstić information content (AvgIpc) is 3.25. The third-order valence-corrected chi connectivity index (χ3v) is 10.1. The molecule has 0 radical (unpaired) electrons. The fraction of sp³-hybridized carbons (Fsp3) is 0.240. The van der Waals surface area contributed by atoms with Crippen LogP contribution in [0.5, 0.6) is 11.5 Å². The number of benzene rings is 6. The second-order valence-corrected chi connectivity index (χ2v) is 14.1. The summed E-state index contributed by atoms with van der Waals surface area (Å²) in [5.74, 6) is 1.72. The summed E-state index contributed by atoms with van der Waals surface area (Å²) in [4.78, 5) is 4.98. The van der Waals surface area contributed by atoms with Gasteiger partial charge < -0.3 is 18.9 Å². The smallest absolute Gasteiger partial charge is 0.123 e. The van der Waals surface area contributed by atoms with Gasteiger partial charge in [-0.3, -0.25) is 9.80 Å². The Morgan fingerprint density at radius 3 is 1.18 bits per heavy atom. The summed E-state index contributed by atoms with van der Waals surface area (Å²) < 4.78 is 25.9. The van der Waals surface area contributed by atoms with Gasteiger partial charge in [-0.05, 0) is 34.4 Å². The van der Waals surface area contributed by atoms with Gasteiger partial charge >= 0.3 is 0 Å². The van der Waals surface area contributed by atoms with Crippen molar-refractivity contribution < 1.29 is 18.9 Å². The van der Waals surface area contributed by atoms with E-state index in [4.69, 9.17) is 18.9 Å². The van der Waals surface area contributed by atoms with Crippen molar-refractivity contribution in [1.29, 1.82) is 0 Å². The molecule has 1 aliphatic heterocycles. The molecule has 6 aromatic carbocycles. The van der Waals surface area contributed by atoms with Crippen molar-refractivity contribution in [3.8, 4) is 11.5 Å². The number of ether oxygens (including phenoxy) is 4. The monoisotopic (exact) mass is 744 g/mol. The molecule has 6 nitrogen and oxygen atoms in total. The number of rotatable bonds is 6. The third kappa shape index (κ3) is 11.3. The highest BCUT2D eigenvalue weighted by Crippen LogP contribution is 2.31. The van der Waals surface area contributed by atoms with E-state index in [1.165, 1.54) is 22.3 Å². The van der Waals surface area contributed by atoms with Crippen LogP contribution in [0.3, 0.4) is 0 Å². The second-order valence-electron chi connectivity index (χ2n) is 14.1. The number of nitrogens with zero attached hydrogens (tertiary/aromatic N) is 2. The Morgan fingerprint density at radius 1 is 0.411 bits per heavy atom. The first-order valence-electron chi connectivity index (χ1n) is 19.7. The predicted octanol–water partition coefficient (Wildman–Crippen LogP) is 10.2. The van der Waals surface area contributed by atoms with Crippen molar-refractivity contribution in [2.24, 2.45) is 0 Å². The molecule has 56 heavy (non-hydrogen) atoms. The van der Waals surface area contributed by atoms with Crippen molar-refractivity contribution in [2.75, 3.05) is 39.6 Å². The summed E-state index contributed by atoms with van der Waals surface area (Å²) in [7, 11) is 0. The number of hydrogen-bond donors (Lipinski definition) is 0. The fourth-order valence-electron chi connectivity index (χ4n) is 7.29. The van der Waals surface area contributed by atoms with E-state index in [0.29, 0.717) is 52.7 Å². The van der Waals surface area contributed by atoms with E-state index in [0.717, 1.165) is 35.7 Å². The zero-order valence-corrected chi connectivity index (χ0v) is 32.1. The minimum atomic E-state index is 0.00836. The van der Waals surface area contributed by atoms with Gasteiger partial charge in [-0.15, -0.1) is 0 Å². The lowest BCUT2D eigenvalue weighted by atomic mass is 10.0. The Hall–Kier alpha value is -5.50. The summed E-state index contributed by atoms with van der Waals surface area (Å²) in [5.41, 5.74) is 7.15. The van der Waals surface area contributed by atoms with Gasteiger partial charge in [0.05, 0.1) is 38.5 Å². The highest BCUT2D eigenvalue weighted by Gasteiger charge is 2.24. The number of fused-ring (bicyclic) bond motifs is 2. The highest BCUT2D eigenvalue weighted by molar-refractivity contribution is 5.35. The van der Waals surface area contributed by atoms with Crippen LogP contribution in [0.15, 0.2) is 182 Å². The first-order chi connectivity index (χ1) is 27.8. The van der Waals surface area contributed by atoms with Crippen molar-refractivity contribution in [1.82, 2.24) is 9.80 Å². The van der Waals surface area contributed by atoms with Crippen molar-refractivity contribution in [3.63, 3.8) is 0 Å². The molecule has 0 saturated carbocycles. The van der Waals surface area contributed by atoms with E-state index in [2.05, 4.69) is 180 Å². The Balaban J connectivity index is 1.18. The van der Waals surface area contributed by atoms with E-state index in [-0.39, 0.29) is 12.1 Å². The average molecular weight is 745 g/mol. The predicted molar refractivity (Wildman–Crippen MR) is 224 cm³/mol. The maximum Gasteiger partial charge on any atom is 0.123 e. The molecule has 1 heterocycles. The maximum absolute atomic E-state index is 6.51. The van der Waals surface area contributed by atoms with Crippen LogP contribution in [-0.4, -0.2) is 49.4 Å². The highest BCUT2D eigenvalue weighted by atomic mass is 16.5. The molecule has 0 amide bonds. The number of para-hydroxylation sites is 2. The first-order valence-corrected chi connectivity index (χ1v) is 19.7. The molecule has 286 valence electrons. The largest absolute Gasteiger partial charge is 0.490 e. The molecule has 0 saturated heterocycles. The van der Waals surface area contributed by atoms with Crippen LogP contribution in [-0.2, 0) is 35.7 Å². The molecule has 0 bridgehead atoms. The van der Waals surface area contributed by atoms with Crippen LogP contribution in [0.4, 0.5) is 0 Å². The summed E-state index contributed by atoms with van der Waals surface area (Å²) in [6, 6.07) is 59.4. The van der Waals surface area contributed by atoms with E-state index in [1.807, 2.05) is 12.1 Å². The fourth-order valence-corrected chi connectivity index (χ4v) is 7.29.